The van der Waals surface area contributed by atoms with Crippen molar-refractivity contribution in [3.05, 3.63) is 42.2 Å². The van der Waals surface area contributed by atoms with Gasteiger partial charge in [-0.15, -0.1) is 5.10 Å². The molecule has 0 aliphatic carbocycles. The highest BCUT2D eigenvalue weighted by Crippen LogP contribution is 2.23. The molecule has 1 N–H and O–H groups in total. The number of aromatic nitrogens is 3. The molecule has 1 aromatic carbocycles. The minimum absolute atomic E-state index is 0.0114. The van der Waals surface area contributed by atoms with Gasteiger partial charge < -0.3 is 10.0 Å². The fraction of sp³-hybridized carbons (Fsp3) is 0.412. The number of hydrogen-bond acceptors (Lipinski definition) is 4. The highest BCUT2D eigenvalue weighted by Gasteiger charge is 2.27. The number of rotatable bonds is 5. The van der Waals surface area contributed by atoms with Gasteiger partial charge >= 0.3 is 5.97 Å². The van der Waals surface area contributed by atoms with Crippen molar-refractivity contribution >= 4 is 11.9 Å². The molecule has 7 nitrogen and oxygen atoms in total. The maximum atomic E-state index is 12.8. The molecule has 1 atom stereocenters. The summed E-state index contributed by atoms with van der Waals surface area (Å²) in [6.45, 7) is 0.688. The molecule has 7 heteroatoms. The van der Waals surface area contributed by atoms with Crippen LogP contribution in [0.2, 0.25) is 0 Å². The van der Waals surface area contributed by atoms with Crippen LogP contribution in [0.4, 0.5) is 0 Å². The zero-order valence-corrected chi connectivity index (χ0v) is 13.3. The molecular weight excluding hydrogens is 308 g/mol. The first-order chi connectivity index (χ1) is 11.6. The van der Waals surface area contributed by atoms with Crippen LogP contribution < -0.4 is 0 Å². The van der Waals surface area contributed by atoms with E-state index in [4.69, 9.17) is 5.11 Å². The van der Waals surface area contributed by atoms with Crippen molar-refractivity contribution in [2.45, 2.75) is 38.1 Å². The van der Waals surface area contributed by atoms with Crippen LogP contribution in [-0.2, 0) is 4.79 Å². The van der Waals surface area contributed by atoms with Crippen LogP contribution in [-0.4, -0.2) is 49.5 Å². The number of nitrogens with zero attached hydrogens (tertiary/aromatic N) is 4. The lowest BCUT2D eigenvalue weighted by atomic mass is 9.97. The second-order valence-corrected chi connectivity index (χ2v) is 5.98. The first kappa shape index (κ1) is 16.2. The summed E-state index contributed by atoms with van der Waals surface area (Å²) in [7, 11) is 0. The Morgan fingerprint density at radius 1 is 1.21 bits per heavy atom. The van der Waals surface area contributed by atoms with E-state index >= 15 is 0 Å². The molecule has 0 spiro atoms. The SMILES string of the molecule is O=C(O)CCC1CCCCN1C(=O)c1ccc(-n2ccnn2)cc1. The molecule has 0 saturated carbocycles. The third-order valence-corrected chi connectivity index (χ3v) is 4.38. The van der Waals surface area contributed by atoms with E-state index in [-0.39, 0.29) is 18.4 Å². The molecular formula is C17H20N4O3. The Bertz CT molecular complexity index is 697. The van der Waals surface area contributed by atoms with Crippen LogP contribution in [0.3, 0.4) is 0 Å². The summed E-state index contributed by atoms with van der Waals surface area (Å²) in [5, 5.41) is 16.6. The molecule has 3 rings (SSSR count). The van der Waals surface area contributed by atoms with Crippen LogP contribution >= 0.6 is 0 Å². The quantitative estimate of drug-likeness (QED) is 0.908. The predicted octanol–water partition coefficient (Wildman–Crippen LogP) is 2.13. The monoisotopic (exact) mass is 328 g/mol. The Balaban J connectivity index is 1.72. The molecule has 126 valence electrons. The van der Waals surface area contributed by atoms with Gasteiger partial charge in [0, 0.05) is 24.6 Å². The molecule has 24 heavy (non-hydrogen) atoms. The van der Waals surface area contributed by atoms with Gasteiger partial charge in [-0.05, 0) is 49.9 Å². The van der Waals surface area contributed by atoms with E-state index in [1.807, 2.05) is 17.0 Å². The Morgan fingerprint density at radius 2 is 2.00 bits per heavy atom. The Hall–Kier alpha value is -2.70. The van der Waals surface area contributed by atoms with Crippen LogP contribution in [0.25, 0.3) is 5.69 Å². The standard InChI is InChI=1S/C17H20N4O3/c22-16(23)9-8-14-3-1-2-11-20(14)17(24)13-4-6-15(7-5-13)21-12-10-18-19-21/h4-7,10,12,14H,1-3,8-9,11H2,(H,22,23). The van der Waals surface area contributed by atoms with Gasteiger partial charge in [-0.3, -0.25) is 9.59 Å². The number of carbonyl (C=O) groups excluding carboxylic acids is 1. The summed E-state index contributed by atoms with van der Waals surface area (Å²) in [4.78, 5) is 25.4. The lowest BCUT2D eigenvalue weighted by Gasteiger charge is -2.35. The van der Waals surface area contributed by atoms with Gasteiger partial charge in [0.05, 0.1) is 18.1 Å². The van der Waals surface area contributed by atoms with Crippen molar-refractivity contribution < 1.29 is 14.7 Å². The molecule has 2 heterocycles. The van der Waals surface area contributed by atoms with Gasteiger partial charge in [-0.2, -0.15) is 0 Å². The van der Waals surface area contributed by atoms with Crippen molar-refractivity contribution in [2.24, 2.45) is 0 Å². The van der Waals surface area contributed by atoms with Crippen molar-refractivity contribution in [3.8, 4) is 5.69 Å². The smallest absolute Gasteiger partial charge is 0.303 e. The number of likely N-dealkylation sites (tertiary alicyclic amines) is 1. The van der Waals surface area contributed by atoms with Crippen molar-refractivity contribution in [1.82, 2.24) is 19.9 Å². The first-order valence-corrected chi connectivity index (χ1v) is 8.14. The number of carbonyl (C=O) groups is 2. The average Bonchev–Trinajstić information content (AvgIpc) is 3.14. The van der Waals surface area contributed by atoms with Gasteiger partial charge in [0.25, 0.3) is 5.91 Å². The largest absolute Gasteiger partial charge is 0.481 e. The zero-order chi connectivity index (χ0) is 16.9. The number of hydrogen-bond donors (Lipinski definition) is 1. The number of benzene rings is 1. The van der Waals surface area contributed by atoms with E-state index in [9.17, 15) is 9.59 Å². The third kappa shape index (κ3) is 3.61. The Labute approximate surface area is 139 Å². The molecule has 1 aliphatic rings. The molecule has 1 amide bonds. The zero-order valence-electron chi connectivity index (χ0n) is 13.3. The number of carboxylic acid groups (broad SMARTS) is 1. The second kappa shape index (κ2) is 7.25. The third-order valence-electron chi connectivity index (χ3n) is 4.38. The topological polar surface area (TPSA) is 88.3 Å². The minimum atomic E-state index is -0.815. The van der Waals surface area contributed by atoms with E-state index in [2.05, 4.69) is 10.3 Å². The van der Waals surface area contributed by atoms with Crippen LogP contribution in [0.15, 0.2) is 36.7 Å². The van der Waals surface area contributed by atoms with Crippen molar-refractivity contribution in [2.75, 3.05) is 6.54 Å². The van der Waals surface area contributed by atoms with E-state index in [0.717, 1.165) is 24.9 Å². The lowest BCUT2D eigenvalue weighted by Crippen LogP contribution is -2.43. The fourth-order valence-electron chi connectivity index (χ4n) is 3.13. The minimum Gasteiger partial charge on any atom is -0.481 e. The van der Waals surface area contributed by atoms with E-state index < -0.39 is 5.97 Å². The van der Waals surface area contributed by atoms with Gasteiger partial charge in [0.1, 0.15) is 0 Å². The van der Waals surface area contributed by atoms with E-state index in [0.29, 0.717) is 18.5 Å². The van der Waals surface area contributed by atoms with Gasteiger partial charge in [0.15, 0.2) is 0 Å². The maximum absolute atomic E-state index is 12.8. The highest BCUT2D eigenvalue weighted by molar-refractivity contribution is 5.94. The maximum Gasteiger partial charge on any atom is 0.303 e. The van der Waals surface area contributed by atoms with Crippen LogP contribution in [0, 0.1) is 0 Å². The van der Waals surface area contributed by atoms with Gasteiger partial charge in [0.2, 0.25) is 0 Å². The second-order valence-electron chi connectivity index (χ2n) is 5.98. The summed E-state index contributed by atoms with van der Waals surface area (Å²) in [6, 6.07) is 7.23. The number of piperidine rings is 1. The molecule has 1 aromatic heterocycles. The molecule has 0 bridgehead atoms. The fourth-order valence-corrected chi connectivity index (χ4v) is 3.13. The summed E-state index contributed by atoms with van der Waals surface area (Å²) in [5.41, 5.74) is 1.45. The van der Waals surface area contributed by atoms with Gasteiger partial charge in [-0.25, -0.2) is 4.68 Å². The lowest BCUT2D eigenvalue weighted by molar-refractivity contribution is -0.137. The Kier molecular flexibility index (Phi) is 4.88. The first-order valence-electron chi connectivity index (χ1n) is 8.14. The molecule has 2 aromatic rings. The van der Waals surface area contributed by atoms with Crippen molar-refractivity contribution in [3.63, 3.8) is 0 Å². The van der Waals surface area contributed by atoms with Crippen LogP contribution in [0.5, 0.6) is 0 Å². The summed E-state index contributed by atoms with van der Waals surface area (Å²) in [5.74, 6) is -0.847. The van der Waals surface area contributed by atoms with Crippen molar-refractivity contribution in [1.29, 1.82) is 0 Å². The van der Waals surface area contributed by atoms with E-state index in [1.54, 1.807) is 29.2 Å². The van der Waals surface area contributed by atoms with Crippen LogP contribution in [0.1, 0.15) is 42.5 Å². The normalized spacial score (nSPS) is 17.7. The molecule has 1 aliphatic heterocycles. The number of amides is 1. The van der Waals surface area contributed by atoms with E-state index in [1.165, 1.54) is 0 Å². The Morgan fingerprint density at radius 3 is 2.67 bits per heavy atom. The molecule has 1 fully saturated rings. The summed E-state index contributed by atoms with van der Waals surface area (Å²) >= 11 is 0. The average molecular weight is 328 g/mol. The van der Waals surface area contributed by atoms with Gasteiger partial charge in [-0.1, -0.05) is 5.21 Å². The summed E-state index contributed by atoms with van der Waals surface area (Å²) in [6.07, 6.45) is 6.82. The number of aliphatic carboxylic acids is 1. The highest BCUT2D eigenvalue weighted by atomic mass is 16.4. The molecule has 1 unspecified atom stereocenters. The predicted molar refractivity (Wildman–Crippen MR) is 86.9 cm³/mol. The molecule has 1 saturated heterocycles. The summed E-state index contributed by atoms with van der Waals surface area (Å²) < 4.78 is 1.63. The molecule has 0 radical (unpaired) electrons. The number of carboxylic acids is 1.